The minimum absolute atomic E-state index is 0.00157. The molecular formula is C21H27FN4O2. The Balaban J connectivity index is 1.94. The highest BCUT2D eigenvalue weighted by atomic mass is 19.1. The average molecular weight is 386 g/mol. The van der Waals surface area contributed by atoms with Crippen LogP contribution in [-0.2, 0) is 17.9 Å². The van der Waals surface area contributed by atoms with Gasteiger partial charge in [0.05, 0.1) is 6.54 Å². The number of likely N-dealkylation sites (N-methyl/N-ethyl adjacent to an activating group) is 1. The number of nitrogens with one attached hydrogen (secondary N) is 2. The highest BCUT2D eigenvalue weighted by molar-refractivity contribution is 5.79. The predicted molar refractivity (Wildman–Crippen MR) is 109 cm³/mol. The number of nitrogens with zero attached hydrogens (tertiary/aromatic N) is 2. The molecule has 0 atom stereocenters. The molecule has 0 bridgehead atoms. The lowest BCUT2D eigenvalue weighted by Gasteiger charge is -2.13. The number of carbonyl (C=O) groups is 1. The highest BCUT2D eigenvalue weighted by Crippen LogP contribution is 2.14. The maximum atomic E-state index is 13.0. The average Bonchev–Trinajstić information content (AvgIpc) is 2.69. The maximum absolute atomic E-state index is 13.0. The van der Waals surface area contributed by atoms with Crippen molar-refractivity contribution in [3.05, 3.63) is 65.5 Å². The van der Waals surface area contributed by atoms with Gasteiger partial charge in [0.2, 0.25) is 0 Å². The van der Waals surface area contributed by atoms with E-state index in [9.17, 15) is 9.18 Å². The third kappa shape index (κ3) is 7.26. The van der Waals surface area contributed by atoms with Crippen LogP contribution in [0.5, 0.6) is 5.75 Å². The highest BCUT2D eigenvalue weighted by Gasteiger charge is 2.05. The Morgan fingerprint density at radius 3 is 2.54 bits per heavy atom. The molecule has 28 heavy (non-hydrogen) atoms. The molecule has 0 saturated carbocycles. The van der Waals surface area contributed by atoms with E-state index in [4.69, 9.17) is 4.74 Å². The van der Waals surface area contributed by atoms with Gasteiger partial charge in [-0.1, -0.05) is 24.3 Å². The summed E-state index contributed by atoms with van der Waals surface area (Å²) in [6, 6.07) is 13.9. The molecule has 0 aliphatic carbocycles. The number of hydrogen-bond acceptors (Lipinski definition) is 3. The number of ether oxygens (including phenoxy) is 1. The van der Waals surface area contributed by atoms with Crippen LogP contribution in [0.25, 0.3) is 0 Å². The Morgan fingerprint density at radius 2 is 1.86 bits per heavy atom. The molecule has 0 fully saturated rings. The molecule has 0 heterocycles. The van der Waals surface area contributed by atoms with E-state index in [-0.39, 0.29) is 18.3 Å². The van der Waals surface area contributed by atoms with Crippen LogP contribution in [0.4, 0.5) is 4.39 Å². The molecule has 0 spiro atoms. The van der Waals surface area contributed by atoms with E-state index in [0.29, 0.717) is 24.8 Å². The van der Waals surface area contributed by atoms with Crippen LogP contribution in [0, 0.1) is 5.82 Å². The van der Waals surface area contributed by atoms with E-state index in [0.717, 1.165) is 17.7 Å². The number of carbonyl (C=O) groups excluding carboxylic acids is 1. The summed E-state index contributed by atoms with van der Waals surface area (Å²) < 4.78 is 18.5. The molecule has 0 aliphatic heterocycles. The monoisotopic (exact) mass is 386 g/mol. The van der Waals surface area contributed by atoms with E-state index in [1.165, 1.54) is 17.0 Å². The molecule has 0 saturated heterocycles. The Hall–Kier alpha value is -3.09. The number of aliphatic imine (C=N–C) groups is 1. The van der Waals surface area contributed by atoms with Crippen molar-refractivity contribution in [2.45, 2.75) is 20.0 Å². The van der Waals surface area contributed by atoms with Crippen LogP contribution in [0.2, 0.25) is 0 Å². The molecule has 0 unspecified atom stereocenters. The molecule has 7 heteroatoms. The Morgan fingerprint density at radius 1 is 1.11 bits per heavy atom. The molecular weight excluding hydrogens is 359 g/mol. The topological polar surface area (TPSA) is 66.0 Å². The zero-order chi connectivity index (χ0) is 20.4. The van der Waals surface area contributed by atoms with Gasteiger partial charge in [0.1, 0.15) is 11.6 Å². The summed E-state index contributed by atoms with van der Waals surface area (Å²) in [5, 5.41) is 6.41. The first-order chi connectivity index (χ1) is 13.5. The Bertz CT molecular complexity index is 791. The van der Waals surface area contributed by atoms with Gasteiger partial charge >= 0.3 is 0 Å². The van der Waals surface area contributed by atoms with Crippen LogP contribution in [0.3, 0.4) is 0 Å². The summed E-state index contributed by atoms with van der Waals surface area (Å²) in [5.41, 5.74) is 1.93. The molecule has 2 aromatic carbocycles. The van der Waals surface area contributed by atoms with Gasteiger partial charge in [-0.3, -0.25) is 4.79 Å². The van der Waals surface area contributed by atoms with Crippen molar-refractivity contribution in [3.8, 4) is 5.75 Å². The van der Waals surface area contributed by atoms with Crippen LogP contribution < -0.4 is 15.4 Å². The standard InChI is InChI=1S/C21H27FN4O2/c1-4-23-21(24-13-16-8-10-18(22)11-9-16)25-14-17-6-5-7-19(12-17)28-15-20(27)26(2)3/h5-12H,4,13-15H2,1-3H3,(H2,23,24,25). The summed E-state index contributed by atoms with van der Waals surface area (Å²) in [6.07, 6.45) is 0. The second kappa shape index (κ2) is 10.9. The molecule has 0 aromatic heterocycles. The smallest absolute Gasteiger partial charge is 0.259 e. The van der Waals surface area contributed by atoms with Crippen LogP contribution in [0.15, 0.2) is 53.5 Å². The van der Waals surface area contributed by atoms with E-state index >= 15 is 0 Å². The van der Waals surface area contributed by atoms with Crippen LogP contribution >= 0.6 is 0 Å². The number of amides is 1. The quantitative estimate of drug-likeness (QED) is 0.541. The molecule has 0 aliphatic rings. The summed E-state index contributed by atoms with van der Waals surface area (Å²) in [6.45, 7) is 3.72. The molecule has 6 nitrogen and oxygen atoms in total. The zero-order valence-electron chi connectivity index (χ0n) is 16.5. The van der Waals surface area contributed by atoms with E-state index < -0.39 is 0 Å². The van der Waals surface area contributed by atoms with Gasteiger partial charge in [-0.2, -0.15) is 0 Å². The molecule has 150 valence electrons. The maximum Gasteiger partial charge on any atom is 0.259 e. The Labute approximate surface area is 165 Å². The van der Waals surface area contributed by atoms with Crippen LogP contribution in [0.1, 0.15) is 18.1 Å². The van der Waals surface area contributed by atoms with Gasteiger partial charge in [-0.15, -0.1) is 0 Å². The van der Waals surface area contributed by atoms with Crippen molar-refractivity contribution in [1.82, 2.24) is 15.5 Å². The zero-order valence-corrected chi connectivity index (χ0v) is 16.5. The number of hydrogen-bond donors (Lipinski definition) is 2. The lowest BCUT2D eigenvalue weighted by Crippen LogP contribution is -2.36. The Kier molecular flexibility index (Phi) is 8.27. The van der Waals surface area contributed by atoms with Crippen molar-refractivity contribution in [2.24, 2.45) is 4.99 Å². The van der Waals surface area contributed by atoms with Crippen molar-refractivity contribution < 1.29 is 13.9 Å². The van der Waals surface area contributed by atoms with E-state index in [1.807, 2.05) is 31.2 Å². The number of halogens is 1. The second-order valence-electron chi connectivity index (χ2n) is 6.40. The molecule has 2 N–H and O–H groups in total. The van der Waals surface area contributed by atoms with Gasteiger partial charge < -0.3 is 20.3 Å². The predicted octanol–water partition coefficient (Wildman–Crippen LogP) is 2.55. The van der Waals surface area contributed by atoms with Gasteiger partial charge in [0, 0.05) is 27.2 Å². The fourth-order valence-corrected chi connectivity index (χ4v) is 2.31. The first-order valence-electron chi connectivity index (χ1n) is 9.16. The van der Waals surface area contributed by atoms with E-state index in [2.05, 4.69) is 15.6 Å². The number of rotatable bonds is 8. The molecule has 1 amide bonds. The molecule has 2 rings (SSSR count). The van der Waals surface area contributed by atoms with Gasteiger partial charge in [-0.05, 0) is 42.3 Å². The molecule has 0 radical (unpaired) electrons. The largest absolute Gasteiger partial charge is 0.484 e. The van der Waals surface area contributed by atoms with Crippen molar-refractivity contribution in [1.29, 1.82) is 0 Å². The second-order valence-corrected chi connectivity index (χ2v) is 6.40. The normalized spacial score (nSPS) is 11.1. The number of benzene rings is 2. The van der Waals surface area contributed by atoms with Gasteiger partial charge in [-0.25, -0.2) is 9.38 Å². The third-order valence-corrected chi connectivity index (χ3v) is 3.90. The van der Waals surface area contributed by atoms with E-state index in [1.54, 1.807) is 26.2 Å². The molecule has 2 aromatic rings. The SMILES string of the molecule is CCNC(=NCc1cccc(OCC(=O)N(C)C)c1)NCc1ccc(F)cc1. The van der Waals surface area contributed by atoms with Gasteiger partial charge in [0.15, 0.2) is 12.6 Å². The summed E-state index contributed by atoms with van der Waals surface area (Å²) in [4.78, 5) is 17.7. The van der Waals surface area contributed by atoms with Crippen molar-refractivity contribution in [3.63, 3.8) is 0 Å². The fraction of sp³-hybridized carbons (Fsp3) is 0.333. The first kappa shape index (κ1) is 21.2. The minimum atomic E-state index is -0.251. The summed E-state index contributed by atoms with van der Waals surface area (Å²) >= 11 is 0. The van der Waals surface area contributed by atoms with Gasteiger partial charge in [0.25, 0.3) is 5.91 Å². The lowest BCUT2D eigenvalue weighted by atomic mass is 10.2. The van der Waals surface area contributed by atoms with Crippen LogP contribution in [-0.4, -0.2) is 44.0 Å². The number of guanidine groups is 1. The first-order valence-corrected chi connectivity index (χ1v) is 9.16. The minimum Gasteiger partial charge on any atom is -0.484 e. The summed E-state index contributed by atoms with van der Waals surface area (Å²) in [7, 11) is 3.38. The lowest BCUT2D eigenvalue weighted by molar-refractivity contribution is -0.130. The fourth-order valence-electron chi connectivity index (χ4n) is 2.31. The van der Waals surface area contributed by atoms with Crippen molar-refractivity contribution in [2.75, 3.05) is 27.2 Å². The third-order valence-electron chi connectivity index (χ3n) is 3.90. The van der Waals surface area contributed by atoms with Crippen molar-refractivity contribution >= 4 is 11.9 Å². The summed E-state index contributed by atoms with van der Waals surface area (Å²) in [5.74, 6) is 0.953.